The number of furan rings is 1. The maximum atomic E-state index is 12.1. The van der Waals surface area contributed by atoms with E-state index in [1.165, 1.54) is 0 Å². The van der Waals surface area contributed by atoms with Crippen LogP contribution in [0.25, 0.3) is 0 Å². The normalized spacial score (nSPS) is 11.9. The summed E-state index contributed by atoms with van der Waals surface area (Å²) in [6.45, 7) is 3.39. The molecule has 3 rings (SSSR count). The second-order valence-electron chi connectivity index (χ2n) is 6.00. The number of carbonyl (C=O) groups excluding carboxylic acids is 1. The van der Waals surface area contributed by atoms with E-state index in [4.69, 9.17) is 9.15 Å². The van der Waals surface area contributed by atoms with Gasteiger partial charge in [-0.15, -0.1) is 0 Å². The first-order valence-corrected chi connectivity index (χ1v) is 8.43. The van der Waals surface area contributed by atoms with Crippen LogP contribution in [0.1, 0.15) is 18.2 Å². The highest BCUT2D eigenvalue weighted by molar-refractivity contribution is 5.89. The fraction of sp³-hybridized carbons (Fsp3) is 0.263. The van der Waals surface area contributed by atoms with E-state index in [1.54, 1.807) is 17.1 Å². The molecule has 0 unspecified atom stereocenters. The number of benzene rings is 1. The van der Waals surface area contributed by atoms with E-state index in [0.717, 1.165) is 11.3 Å². The molecule has 2 aromatic heterocycles. The zero-order chi connectivity index (χ0) is 18.2. The molecule has 1 atom stereocenters. The fourth-order valence-electron chi connectivity index (χ4n) is 2.53. The van der Waals surface area contributed by atoms with E-state index < -0.39 is 0 Å². The Morgan fingerprint density at radius 3 is 2.96 bits per heavy atom. The Morgan fingerprint density at radius 1 is 1.27 bits per heavy atom. The largest absolute Gasteiger partial charge is 0.467 e. The van der Waals surface area contributed by atoms with Gasteiger partial charge in [-0.1, -0.05) is 12.1 Å². The van der Waals surface area contributed by atoms with Crippen LogP contribution in [0.4, 0.5) is 10.5 Å². The quantitative estimate of drug-likeness (QED) is 0.650. The van der Waals surface area contributed by atoms with E-state index in [0.29, 0.717) is 25.4 Å². The molecular formula is C19H22N4O3. The average Bonchev–Trinajstić information content (AvgIpc) is 3.29. The first kappa shape index (κ1) is 17.8. The topological polar surface area (TPSA) is 81.3 Å². The highest BCUT2D eigenvalue weighted by Gasteiger charge is 2.08. The minimum atomic E-state index is -0.252. The first-order valence-electron chi connectivity index (χ1n) is 8.43. The zero-order valence-corrected chi connectivity index (χ0v) is 14.6. The summed E-state index contributed by atoms with van der Waals surface area (Å²) in [7, 11) is 0. The number of urea groups is 1. The number of hydrogen-bond acceptors (Lipinski definition) is 4. The van der Waals surface area contributed by atoms with Crippen molar-refractivity contribution < 1.29 is 13.9 Å². The monoisotopic (exact) mass is 354 g/mol. The lowest BCUT2D eigenvalue weighted by molar-refractivity contribution is 0.0930. The third kappa shape index (κ3) is 5.49. The van der Waals surface area contributed by atoms with E-state index >= 15 is 0 Å². The summed E-state index contributed by atoms with van der Waals surface area (Å²) < 4.78 is 12.6. The van der Waals surface area contributed by atoms with Crippen LogP contribution in [0.15, 0.2) is 65.5 Å². The van der Waals surface area contributed by atoms with Gasteiger partial charge in [0.25, 0.3) is 0 Å². The number of hydrogen-bond donors (Lipinski definition) is 2. The lowest BCUT2D eigenvalue weighted by atomic mass is 10.2. The third-order valence-corrected chi connectivity index (χ3v) is 3.68. The van der Waals surface area contributed by atoms with Crippen molar-refractivity contribution in [2.24, 2.45) is 0 Å². The standard InChI is InChI=1S/C19H22N4O3/c1-15(12-23-9-4-8-20-23)21-19(24)22-17-6-2-5-16(11-17)13-25-14-18-7-3-10-26-18/h2-11,15H,12-14H2,1H3,(H2,21,22,24)/t15-/m0/s1. The van der Waals surface area contributed by atoms with Crippen molar-refractivity contribution in [2.75, 3.05) is 5.32 Å². The molecule has 7 heteroatoms. The Labute approximate surface area is 152 Å². The molecule has 0 saturated heterocycles. The molecule has 2 N–H and O–H groups in total. The second kappa shape index (κ2) is 8.87. The highest BCUT2D eigenvalue weighted by atomic mass is 16.5. The summed E-state index contributed by atoms with van der Waals surface area (Å²) in [6.07, 6.45) is 5.20. The molecule has 7 nitrogen and oxygen atoms in total. The number of nitrogens with one attached hydrogen (secondary N) is 2. The molecule has 3 aromatic rings. The summed E-state index contributed by atoms with van der Waals surface area (Å²) in [5.74, 6) is 0.782. The second-order valence-corrected chi connectivity index (χ2v) is 6.00. The van der Waals surface area contributed by atoms with Gasteiger partial charge >= 0.3 is 6.03 Å². The molecule has 0 radical (unpaired) electrons. The van der Waals surface area contributed by atoms with Gasteiger partial charge in [0.15, 0.2) is 0 Å². The predicted octanol–water partition coefficient (Wildman–Crippen LogP) is 3.40. The maximum absolute atomic E-state index is 12.1. The van der Waals surface area contributed by atoms with Gasteiger partial charge in [0.05, 0.1) is 19.4 Å². The van der Waals surface area contributed by atoms with Crippen molar-refractivity contribution in [2.45, 2.75) is 32.7 Å². The van der Waals surface area contributed by atoms with Crippen LogP contribution in [0.2, 0.25) is 0 Å². The molecule has 26 heavy (non-hydrogen) atoms. The smallest absolute Gasteiger partial charge is 0.319 e. The van der Waals surface area contributed by atoms with Gasteiger partial charge in [-0.3, -0.25) is 4.68 Å². The number of rotatable bonds is 8. The van der Waals surface area contributed by atoms with Crippen molar-refractivity contribution in [1.29, 1.82) is 0 Å². The van der Waals surface area contributed by atoms with Crippen LogP contribution in [0.5, 0.6) is 0 Å². The Bertz CT molecular complexity index is 800. The summed E-state index contributed by atoms with van der Waals surface area (Å²) in [4.78, 5) is 12.1. The van der Waals surface area contributed by atoms with Gasteiger partial charge in [-0.05, 0) is 42.8 Å². The maximum Gasteiger partial charge on any atom is 0.319 e. The van der Waals surface area contributed by atoms with Crippen molar-refractivity contribution in [3.05, 3.63) is 72.4 Å². The number of anilines is 1. The van der Waals surface area contributed by atoms with Gasteiger partial charge in [-0.2, -0.15) is 5.10 Å². The molecule has 0 saturated carbocycles. The summed E-state index contributed by atoms with van der Waals surface area (Å²) in [6, 6.07) is 12.8. The predicted molar refractivity (Wildman–Crippen MR) is 97.5 cm³/mol. The van der Waals surface area contributed by atoms with E-state index in [1.807, 2.05) is 55.6 Å². The van der Waals surface area contributed by atoms with Crippen LogP contribution in [-0.4, -0.2) is 21.9 Å². The van der Waals surface area contributed by atoms with Gasteiger partial charge < -0.3 is 19.8 Å². The molecule has 0 aliphatic rings. The SMILES string of the molecule is C[C@@H](Cn1cccn1)NC(=O)Nc1cccc(COCc2ccco2)c1. The Morgan fingerprint density at radius 2 is 2.19 bits per heavy atom. The number of aromatic nitrogens is 2. The number of nitrogens with zero attached hydrogens (tertiary/aromatic N) is 2. The summed E-state index contributed by atoms with van der Waals surface area (Å²) >= 11 is 0. The summed E-state index contributed by atoms with van der Waals surface area (Å²) in [5.41, 5.74) is 1.69. The molecule has 1 aromatic carbocycles. The van der Waals surface area contributed by atoms with Crippen LogP contribution in [0.3, 0.4) is 0 Å². The van der Waals surface area contributed by atoms with Crippen molar-refractivity contribution in [3.63, 3.8) is 0 Å². The Hall–Kier alpha value is -3.06. The van der Waals surface area contributed by atoms with E-state index in [-0.39, 0.29) is 12.1 Å². The number of carbonyl (C=O) groups is 1. The molecule has 0 spiro atoms. The van der Waals surface area contributed by atoms with Crippen LogP contribution in [0, 0.1) is 0 Å². The van der Waals surface area contributed by atoms with Crippen molar-refractivity contribution in [3.8, 4) is 0 Å². The lowest BCUT2D eigenvalue weighted by Crippen LogP contribution is -2.38. The fourth-order valence-corrected chi connectivity index (χ4v) is 2.53. The zero-order valence-electron chi connectivity index (χ0n) is 14.6. The summed E-state index contributed by atoms with van der Waals surface area (Å²) in [5, 5.41) is 9.87. The van der Waals surface area contributed by atoms with E-state index in [2.05, 4.69) is 15.7 Å². The van der Waals surface area contributed by atoms with Gasteiger partial charge in [0.1, 0.15) is 12.4 Å². The Kier molecular flexibility index (Phi) is 6.05. The molecule has 2 heterocycles. The van der Waals surface area contributed by atoms with Crippen molar-refractivity contribution >= 4 is 11.7 Å². The average molecular weight is 354 g/mol. The van der Waals surface area contributed by atoms with Crippen LogP contribution in [-0.2, 0) is 24.5 Å². The minimum Gasteiger partial charge on any atom is -0.467 e. The number of amides is 2. The Balaban J connectivity index is 1.45. The molecule has 2 amide bonds. The van der Waals surface area contributed by atoms with Crippen molar-refractivity contribution in [1.82, 2.24) is 15.1 Å². The van der Waals surface area contributed by atoms with Gasteiger partial charge in [0.2, 0.25) is 0 Å². The van der Waals surface area contributed by atoms with Gasteiger partial charge in [-0.25, -0.2) is 4.79 Å². The van der Waals surface area contributed by atoms with Crippen LogP contribution >= 0.6 is 0 Å². The molecule has 0 aliphatic heterocycles. The number of ether oxygens (including phenoxy) is 1. The third-order valence-electron chi connectivity index (χ3n) is 3.68. The lowest BCUT2D eigenvalue weighted by Gasteiger charge is -2.15. The van der Waals surface area contributed by atoms with Gasteiger partial charge in [0, 0.05) is 24.1 Å². The molecule has 136 valence electrons. The molecular weight excluding hydrogens is 332 g/mol. The molecule has 0 fully saturated rings. The minimum absolute atomic E-state index is 0.0466. The van der Waals surface area contributed by atoms with Crippen LogP contribution < -0.4 is 10.6 Å². The molecule has 0 aliphatic carbocycles. The highest BCUT2D eigenvalue weighted by Crippen LogP contribution is 2.13. The first-order chi connectivity index (χ1) is 12.7. The molecule has 0 bridgehead atoms. The van der Waals surface area contributed by atoms with E-state index in [9.17, 15) is 4.79 Å².